The number of hydrogen-bond acceptors (Lipinski definition) is 1. The van der Waals surface area contributed by atoms with Crippen LogP contribution < -0.4 is 15.3 Å². The van der Waals surface area contributed by atoms with Crippen LogP contribution in [-0.4, -0.2) is 10.3 Å². The van der Waals surface area contributed by atoms with E-state index in [1.54, 1.807) is 8.85 Å². The van der Waals surface area contributed by atoms with Crippen molar-refractivity contribution in [2.45, 2.75) is 30.4 Å². The molecule has 1 aromatic rings. The van der Waals surface area contributed by atoms with Crippen LogP contribution in [0.1, 0.15) is 32.8 Å². The van der Waals surface area contributed by atoms with Gasteiger partial charge in [0, 0.05) is 0 Å². The van der Waals surface area contributed by atoms with Gasteiger partial charge in [0.05, 0.1) is 0 Å². The maximum atomic E-state index is 3.92. The number of rotatable bonds is 2. The normalized spacial score (nSPS) is 22.4. The Bertz CT molecular complexity index is 945. The van der Waals surface area contributed by atoms with Gasteiger partial charge in [0.1, 0.15) is 0 Å². The third-order valence-electron chi connectivity index (χ3n) is 5.38. The van der Waals surface area contributed by atoms with Crippen molar-refractivity contribution in [2.75, 3.05) is 11.9 Å². The minimum Gasteiger partial charge on any atom is -0.147 e. The summed E-state index contributed by atoms with van der Waals surface area (Å²) in [4.78, 5) is 2.55. The standard InChI is InChI=1S/C15H15BrN.C5H5.2ClH.Zr/c1-8-5-11-7-13-14(15(16)12(11)6-8)9(2)10(3)17(13)4;1-2-4-5-3-1;;;/h5-7H,1-4H3;1-3H,4H2;2*1H;. The summed E-state index contributed by atoms with van der Waals surface area (Å²) in [5, 5.41) is 2.78. The predicted octanol–water partition coefficient (Wildman–Crippen LogP) is 4.75. The van der Waals surface area contributed by atoms with E-state index in [1.807, 2.05) is 0 Å². The molecule has 0 spiro atoms. The van der Waals surface area contributed by atoms with Crippen molar-refractivity contribution in [3.8, 4) is 0 Å². The number of fused-ring (bicyclic) bond motifs is 2. The SMILES string of the molecule is CC1=Cc2c(Br)c3c(cc2=C1)N(C)[C](C)([Zr][C]1=CC=CC1)C=3C.Cl.Cl. The Kier molecular flexibility index (Phi) is 6.37. The largest absolute Gasteiger partial charge is 0.147 e. The molecule has 0 saturated heterocycles. The monoisotopic (exact) mass is 515 g/mol. The second kappa shape index (κ2) is 7.51. The Morgan fingerprint density at radius 1 is 1.20 bits per heavy atom. The molecule has 25 heavy (non-hydrogen) atoms. The summed E-state index contributed by atoms with van der Waals surface area (Å²) in [5.74, 6) is 0. The van der Waals surface area contributed by atoms with Crippen molar-refractivity contribution in [3.63, 3.8) is 0 Å². The Morgan fingerprint density at radius 3 is 2.56 bits per heavy atom. The number of nitrogens with zero attached hydrogens (tertiary/aromatic N) is 1. The quantitative estimate of drug-likeness (QED) is 0.547. The van der Waals surface area contributed by atoms with Gasteiger partial charge in [0.2, 0.25) is 0 Å². The van der Waals surface area contributed by atoms with Gasteiger partial charge < -0.3 is 0 Å². The molecule has 1 atom stereocenters. The number of benzene rings is 1. The first-order chi connectivity index (χ1) is 10.9. The maximum absolute atomic E-state index is 3.92. The fourth-order valence-electron chi connectivity index (χ4n) is 3.84. The van der Waals surface area contributed by atoms with Crippen LogP contribution >= 0.6 is 40.7 Å². The molecule has 0 fully saturated rings. The van der Waals surface area contributed by atoms with Crippen molar-refractivity contribution in [1.29, 1.82) is 0 Å². The predicted molar refractivity (Wildman–Crippen MR) is 114 cm³/mol. The summed E-state index contributed by atoms with van der Waals surface area (Å²) >= 11 is 3.20. The topological polar surface area (TPSA) is 3.24 Å². The van der Waals surface area contributed by atoms with Gasteiger partial charge in [-0.2, -0.15) is 0 Å². The number of halogens is 3. The summed E-state index contributed by atoms with van der Waals surface area (Å²) < 4.78 is 3.20. The van der Waals surface area contributed by atoms with Gasteiger partial charge in [-0.3, -0.25) is 0 Å². The van der Waals surface area contributed by atoms with E-state index in [0.29, 0.717) is 0 Å². The number of allylic oxidation sites excluding steroid dienone is 5. The Hall–Kier alpha value is -0.0769. The zero-order chi connectivity index (χ0) is 16.4. The van der Waals surface area contributed by atoms with Gasteiger partial charge in [0.15, 0.2) is 0 Å². The van der Waals surface area contributed by atoms with Crippen LogP contribution in [0, 0.1) is 0 Å². The Balaban J connectivity index is 0.00000113. The number of hydrogen-bond donors (Lipinski definition) is 0. The van der Waals surface area contributed by atoms with Crippen molar-refractivity contribution >= 4 is 64.2 Å². The molecule has 3 aliphatic rings. The molecule has 132 valence electrons. The fraction of sp³-hybridized carbons (Fsp3) is 0.300. The second-order valence-electron chi connectivity index (χ2n) is 6.83. The van der Waals surface area contributed by atoms with E-state index in [0.717, 1.165) is 0 Å². The molecule has 0 aromatic heterocycles. The van der Waals surface area contributed by atoms with Crippen molar-refractivity contribution < 1.29 is 23.2 Å². The summed E-state index contributed by atoms with van der Waals surface area (Å²) in [7, 11) is 2.28. The van der Waals surface area contributed by atoms with Gasteiger partial charge in [0.25, 0.3) is 0 Å². The van der Waals surface area contributed by atoms with Crippen molar-refractivity contribution in [3.05, 3.63) is 53.6 Å². The zero-order valence-corrected chi connectivity index (χ0v) is 20.5. The zero-order valence-electron chi connectivity index (χ0n) is 14.8. The van der Waals surface area contributed by atoms with Gasteiger partial charge in [-0.25, -0.2) is 0 Å². The molecule has 1 aromatic carbocycles. The first-order valence-electron chi connectivity index (χ1n) is 8.03. The minimum atomic E-state index is -0.721. The molecule has 1 heterocycles. The average Bonchev–Trinajstić information content (AvgIpc) is 3.17. The van der Waals surface area contributed by atoms with Gasteiger partial charge in [-0.05, 0) is 0 Å². The molecule has 2 aliphatic carbocycles. The molecule has 0 radical (unpaired) electrons. The van der Waals surface area contributed by atoms with E-state index >= 15 is 0 Å². The minimum absolute atomic E-state index is 0. The number of anilines is 1. The molecule has 0 bridgehead atoms. The van der Waals surface area contributed by atoms with E-state index < -0.39 is 23.2 Å². The Morgan fingerprint density at radius 2 is 1.92 bits per heavy atom. The van der Waals surface area contributed by atoms with E-state index in [1.165, 1.54) is 38.2 Å². The third-order valence-corrected chi connectivity index (χ3v) is 10.9. The van der Waals surface area contributed by atoms with Crippen LogP contribution in [-0.2, 0) is 23.2 Å². The first kappa shape index (κ1) is 21.2. The average molecular weight is 518 g/mol. The van der Waals surface area contributed by atoms with Crippen molar-refractivity contribution in [2.24, 2.45) is 0 Å². The molecule has 5 heteroatoms. The molecule has 0 amide bonds. The van der Waals surface area contributed by atoms with E-state index in [-0.39, 0.29) is 28.1 Å². The second-order valence-corrected chi connectivity index (χ2v) is 12.2. The summed E-state index contributed by atoms with van der Waals surface area (Å²) in [6.45, 7) is 6.98. The molecule has 0 saturated carbocycles. The Labute approximate surface area is 182 Å². The van der Waals surface area contributed by atoms with E-state index in [4.69, 9.17) is 0 Å². The summed E-state index contributed by atoms with van der Waals surface area (Å²) in [6, 6.07) is 2.39. The third kappa shape index (κ3) is 3.20. The van der Waals surface area contributed by atoms with Crippen LogP contribution in [0.3, 0.4) is 0 Å². The molecule has 4 rings (SSSR count). The van der Waals surface area contributed by atoms with Gasteiger partial charge >= 0.3 is 159 Å². The van der Waals surface area contributed by atoms with Gasteiger partial charge in [-0.15, -0.1) is 24.8 Å². The molecule has 0 N–H and O–H groups in total. The maximum Gasteiger partial charge on any atom is -0.147 e. The summed E-state index contributed by atoms with van der Waals surface area (Å²) in [6.07, 6.45) is 12.6. The van der Waals surface area contributed by atoms with E-state index in [2.05, 4.69) is 85.1 Å². The molecule has 1 nitrogen and oxygen atoms in total. The van der Waals surface area contributed by atoms with Crippen molar-refractivity contribution in [1.82, 2.24) is 0 Å². The van der Waals surface area contributed by atoms with Gasteiger partial charge in [-0.1, -0.05) is 0 Å². The van der Waals surface area contributed by atoms with E-state index in [9.17, 15) is 0 Å². The van der Waals surface area contributed by atoms with Crippen LogP contribution in [0.4, 0.5) is 5.69 Å². The van der Waals surface area contributed by atoms with Crippen LogP contribution in [0.2, 0.25) is 0 Å². The fourth-order valence-corrected chi connectivity index (χ4v) is 8.68. The molecular weight excluding hydrogens is 496 g/mol. The van der Waals surface area contributed by atoms with Crippen LogP contribution in [0.15, 0.2) is 37.6 Å². The molecule has 1 unspecified atom stereocenters. The summed E-state index contributed by atoms with van der Waals surface area (Å²) in [5.41, 5.74) is 5.63. The molecular formula is C20H22BrCl2NZr. The van der Waals surface area contributed by atoms with Crippen LogP contribution in [0.5, 0.6) is 0 Å². The van der Waals surface area contributed by atoms with Crippen LogP contribution in [0.25, 0.3) is 17.7 Å². The molecule has 1 aliphatic heterocycles. The smallest absolute Gasteiger partial charge is 0.147 e. The first-order valence-corrected chi connectivity index (χ1v) is 11.3.